The zero-order valence-corrected chi connectivity index (χ0v) is 11.8. The number of primary amides is 1. The maximum atomic E-state index is 11.9. The van der Waals surface area contributed by atoms with Crippen molar-refractivity contribution in [3.8, 4) is 0 Å². The molecule has 1 aromatic carbocycles. The predicted molar refractivity (Wildman–Crippen MR) is 79.7 cm³/mol. The molecular weight excluding hydrogens is 252 g/mol. The summed E-state index contributed by atoms with van der Waals surface area (Å²) < 4.78 is 0. The van der Waals surface area contributed by atoms with E-state index >= 15 is 0 Å². The smallest absolute Gasteiger partial charge is 0.231 e. The first kappa shape index (κ1) is 14.6. The molecule has 108 valence electrons. The second-order valence-electron chi connectivity index (χ2n) is 5.31. The molecular formula is C16H22N2O2. The molecule has 1 aliphatic rings. The van der Waals surface area contributed by atoms with Gasteiger partial charge in [0.25, 0.3) is 0 Å². The van der Waals surface area contributed by atoms with Crippen LogP contribution < -0.4 is 10.6 Å². The zero-order chi connectivity index (χ0) is 14.4. The lowest BCUT2D eigenvalue weighted by molar-refractivity contribution is -0.118. The highest BCUT2D eigenvalue weighted by molar-refractivity contribution is 6.15. The number of fused-ring (bicyclic) bond motifs is 1. The number of benzene rings is 1. The topological polar surface area (TPSA) is 63.2 Å². The fourth-order valence-corrected chi connectivity index (χ4v) is 2.47. The molecule has 0 radical (unpaired) electrons. The molecule has 4 nitrogen and oxygen atoms in total. The first-order valence-corrected chi connectivity index (χ1v) is 7.40. The minimum Gasteiger partial charge on any atom is -0.370 e. The Hall–Kier alpha value is -1.84. The highest BCUT2D eigenvalue weighted by Gasteiger charge is 2.33. The van der Waals surface area contributed by atoms with Crippen LogP contribution in [0, 0.1) is 0 Å². The van der Waals surface area contributed by atoms with Crippen LogP contribution >= 0.6 is 0 Å². The Kier molecular flexibility index (Phi) is 5.16. The summed E-state index contributed by atoms with van der Waals surface area (Å²) in [6.07, 6.45) is 7.31. The average molecular weight is 274 g/mol. The number of nitrogens with two attached hydrogens (primary N) is 1. The van der Waals surface area contributed by atoms with Gasteiger partial charge in [0, 0.05) is 12.8 Å². The van der Waals surface area contributed by atoms with Crippen molar-refractivity contribution in [1.82, 2.24) is 0 Å². The molecule has 2 rings (SSSR count). The minimum absolute atomic E-state index is 0.208. The van der Waals surface area contributed by atoms with Crippen molar-refractivity contribution in [2.75, 3.05) is 4.90 Å². The number of nitrogens with zero attached hydrogens (tertiary/aromatic N) is 1. The van der Waals surface area contributed by atoms with Crippen molar-refractivity contribution in [3.05, 3.63) is 24.3 Å². The third kappa shape index (κ3) is 4.08. The van der Waals surface area contributed by atoms with Crippen LogP contribution in [-0.4, -0.2) is 11.8 Å². The van der Waals surface area contributed by atoms with Crippen LogP contribution in [-0.2, 0) is 9.59 Å². The van der Waals surface area contributed by atoms with Gasteiger partial charge in [-0.1, -0.05) is 37.8 Å². The third-order valence-corrected chi connectivity index (χ3v) is 3.63. The summed E-state index contributed by atoms with van der Waals surface area (Å²) in [5.74, 6) is -0.00595. The summed E-state index contributed by atoms with van der Waals surface area (Å²) in [4.78, 5) is 24.3. The minimum atomic E-state index is -0.214. The van der Waals surface area contributed by atoms with Gasteiger partial charge in [-0.15, -0.1) is 0 Å². The van der Waals surface area contributed by atoms with E-state index in [4.69, 9.17) is 5.73 Å². The summed E-state index contributed by atoms with van der Waals surface area (Å²) in [5, 5.41) is 0. The van der Waals surface area contributed by atoms with Crippen LogP contribution in [0.3, 0.4) is 0 Å². The Morgan fingerprint density at radius 3 is 1.90 bits per heavy atom. The lowest BCUT2D eigenvalue weighted by atomic mass is 10.1. The molecule has 0 fully saturated rings. The molecule has 1 aromatic rings. The Balaban J connectivity index is 1.48. The van der Waals surface area contributed by atoms with Gasteiger partial charge in [0.15, 0.2) is 0 Å². The van der Waals surface area contributed by atoms with Gasteiger partial charge in [0.05, 0.1) is 11.4 Å². The molecule has 0 atom stereocenters. The molecule has 1 aliphatic heterocycles. The molecule has 2 N–H and O–H groups in total. The second kappa shape index (κ2) is 7.08. The summed E-state index contributed by atoms with van der Waals surface area (Å²) >= 11 is 0. The number of para-hydroxylation sites is 2. The van der Waals surface area contributed by atoms with E-state index in [1.54, 1.807) is 4.90 Å². The highest BCUT2D eigenvalue weighted by atomic mass is 16.2. The average Bonchev–Trinajstić information content (AvgIpc) is 3.15. The lowest BCUT2D eigenvalue weighted by Gasteiger charge is -2.03. The van der Waals surface area contributed by atoms with Crippen molar-refractivity contribution >= 4 is 23.2 Å². The van der Waals surface area contributed by atoms with E-state index < -0.39 is 0 Å². The van der Waals surface area contributed by atoms with Gasteiger partial charge in [-0.2, -0.15) is 0 Å². The molecule has 20 heavy (non-hydrogen) atoms. The van der Waals surface area contributed by atoms with Crippen molar-refractivity contribution in [2.45, 2.75) is 51.4 Å². The van der Waals surface area contributed by atoms with E-state index in [0.29, 0.717) is 12.8 Å². The van der Waals surface area contributed by atoms with E-state index in [9.17, 15) is 9.59 Å². The quantitative estimate of drug-likeness (QED) is 0.555. The number of rotatable bonds is 9. The standard InChI is InChI=1S/C16H22N2O2/c17-15(19)11-5-3-1-2-4-6-12-16(20)18-13-9-7-8-10-14(13)18/h7-10H,1-6,11-12H2,(H2,17,19). The van der Waals surface area contributed by atoms with Crippen LogP contribution in [0.25, 0.3) is 0 Å². The van der Waals surface area contributed by atoms with Crippen LogP contribution in [0.4, 0.5) is 11.4 Å². The molecule has 0 spiro atoms. The van der Waals surface area contributed by atoms with Crippen molar-refractivity contribution in [2.24, 2.45) is 5.73 Å². The molecule has 0 bridgehead atoms. The number of unbranched alkanes of at least 4 members (excludes halogenated alkanes) is 5. The van der Waals surface area contributed by atoms with Gasteiger partial charge < -0.3 is 5.73 Å². The highest BCUT2D eigenvalue weighted by Crippen LogP contribution is 2.47. The first-order valence-electron chi connectivity index (χ1n) is 7.40. The Morgan fingerprint density at radius 2 is 1.35 bits per heavy atom. The Labute approximate surface area is 119 Å². The van der Waals surface area contributed by atoms with E-state index in [-0.39, 0.29) is 11.8 Å². The monoisotopic (exact) mass is 274 g/mol. The van der Waals surface area contributed by atoms with Gasteiger partial charge in [-0.3, -0.25) is 14.5 Å². The van der Waals surface area contributed by atoms with E-state index in [2.05, 4.69) is 0 Å². The van der Waals surface area contributed by atoms with Crippen LogP contribution in [0.15, 0.2) is 24.3 Å². The molecule has 0 unspecified atom stereocenters. The maximum absolute atomic E-state index is 11.9. The molecule has 0 aliphatic carbocycles. The van der Waals surface area contributed by atoms with Gasteiger partial charge in [0.1, 0.15) is 0 Å². The van der Waals surface area contributed by atoms with Crippen LogP contribution in [0.1, 0.15) is 51.4 Å². The fourth-order valence-electron chi connectivity index (χ4n) is 2.47. The van der Waals surface area contributed by atoms with Gasteiger partial charge in [-0.25, -0.2) is 0 Å². The van der Waals surface area contributed by atoms with Crippen molar-refractivity contribution in [1.29, 1.82) is 0 Å². The molecule has 0 saturated heterocycles. The number of hydrogen-bond acceptors (Lipinski definition) is 2. The third-order valence-electron chi connectivity index (χ3n) is 3.63. The summed E-state index contributed by atoms with van der Waals surface area (Å²) in [6.45, 7) is 0. The molecule has 0 saturated carbocycles. The predicted octanol–water partition coefficient (Wildman–Crippen LogP) is 3.27. The Bertz CT molecular complexity index is 462. The summed E-state index contributed by atoms with van der Waals surface area (Å²) in [5.41, 5.74) is 7.20. The van der Waals surface area contributed by atoms with Crippen LogP contribution in [0.5, 0.6) is 0 Å². The number of carbonyl (C=O) groups is 2. The largest absolute Gasteiger partial charge is 0.370 e. The number of anilines is 2. The van der Waals surface area contributed by atoms with Gasteiger partial charge in [0.2, 0.25) is 11.8 Å². The molecule has 2 amide bonds. The zero-order valence-electron chi connectivity index (χ0n) is 11.8. The number of hydrogen-bond donors (Lipinski definition) is 1. The normalized spacial score (nSPS) is 12.1. The van der Waals surface area contributed by atoms with Crippen molar-refractivity contribution in [3.63, 3.8) is 0 Å². The van der Waals surface area contributed by atoms with Gasteiger partial charge >= 0.3 is 0 Å². The van der Waals surface area contributed by atoms with Gasteiger partial charge in [-0.05, 0) is 25.0 Å². The molecule has 0 aromatic heterocycles. The SMILES string of the molecule is NC(=O)CCCCCCCCC(=O)N1c2ccccc21. The number of amides is 2. The van der Waals surface area contributed by atoms with E-state index in [1.165, 1.54) is 0 Å². The molecule has 4 heteroatoms. The molecule has 1 heterocycles. The summed E-state index contributed by atoms with van der Waals surface area (Å²) in [7, 11) is 0. The summed E-state index contributed by atoms with van der Waals surface area (Å²) in [6, 6.07) is 7.87. The van der Waals surface area contributed by atoms with E-state index in [1.807, 2.05) is 24.3 Å². The van der Waals surface area contributed by atoms with E-state index in [0.717, 1.165) is 49.9 Å². The number of carbonyl (C=O) groups excluding carboxylic acids is 2. The lowest BCUT2D eigenvalue weighted by Crippen LogP contribution is -2.12. The first-order chi connectivity index (χ1) is 9.70. The van der Waals surface area contributed by atoms with Crippen LogP contribution in [0.2, 0.25) is 0 Å². The van der Waals surface area contributed by atoms with Crippen molar-refractivity contribution < 1.29 is 9.59 Å². The second-order valence-corrected chi connectivity index (χ2v) is 5.31. The Morgan fingerprint density at radius 1 is 0.850 bits per heavy atom. The maximum Gasteiger partial charge on any atom is 0.231 e. The fraction of sp³-hybridized carbons (Fsp3) is 0.500.